The van der Waals surface area contributed by atoms with Crippen molar-refractivity contribution in [1.29, 1.82) is 0 Å². The first-order valence-electron chi connectivity index (χ1n) is 5.43. The zero-order chi connectivity index (χ0) is 12.1. The predicted molar refractivity (Wildman–Crippen MR) is 66.2 cm³/mol. The fourth-order valence-corrected chi connectivity index (χ4v) is 1.85. The van der Waals surface area contributed by atoms with Crippen LogP contribution in [0.3, 0.4) is 0 Å². The van der Waals surface area contributed by atoms with Gasteiger partial charge in [-0.3, -0.25) is 0 Å². The van der Waals surface area contributed by atoms with Crippen molar-refractivity contribution in [2.75, 3.05) is 13.0 Å². The molecule has 0 radical (unpaired) electrons. The minimum absolute atomic E-state index is 0.215. The number of oxazole rings is 1. The Morgan fingerprint density at radius 3 is 2.76 bits per heavy atom. The highest BCUT2D eigenvalue weighted by molar-refractivity contribution is 6.17. The largest absolute Gasteiger partial charge is 0.443 e. The number of methoxy groups -OCH3 is 1. The number of aryl methyl sites for hydroxylation is 1. The average Bonchev–Trinajstić information content (AvgIpc) is 2.81. The topological polar surface area (TPSA) is 35.3 Å². The Hall–Kier alpha value is -1.32. The summed E-state index contributed by atoms with van der Waals surface area (Å²) >= 11 is 5.64. The maximum atomic E-state index is 5.64. The van der Waals surface area contributed by atoms with E-state index in [0.717, 1.165) is 5.56 Å². The summed E-state index contributed by atoms with van der Waals surface area (Å²) in [4.78, 5) is 4.17. The molecule has 0 aliphatic heterocycles. The van der Waals surface area contributed by atoms with Gasteiger partial charge in [-0.1, -0.05) is 30.3 Å². The van der Waals surface area contributed by atoms with Crippen molar-refractivity contribution >= 4 is 11.6 Å². The summed E-state index contributed by atoms with van der Waals surface area (Å²) in [7, 11) is 1.65. The summed E-state index contributed by atoms with van der Waals surface area (Å²) in [5.41, 5.74) is 1.04. The Morgan fingerprint density at radius 2 is 2.12 bits per heavy atom. The van der Waals surface area contributed by atoms with E-state index in [4.69, 9.17) is 20.8 Å². The molecular weight excluding hydrogens is 238 g/mol. The molecule has 2 aromatic rings. The highest BCUT2D eigenvalue weighted by atomic mass is 35.5. The number of alkyl halides is 1. The van der Waals surface area contributed by atoms with Gasteiger partial charge in [-0.25, -0.2) is 4.98 Å². The van der Waals surface area contributed by atoms with Gasteiger partial charge in [0.1, 0.15) is 6.10 Å². The van der Waals surface area contributed by atoms with Crippen molar-refractivity contribution < 1.29 is 9.15 Å². The molecule has 0 amide bonds. The van der Waals surface area contributed by atoms with Crippen LogP contribution in [-0.4, -0.2) is 18.0 Å². The van der Waals surface area contributed by atoms with Crippen LogP contribution in [0.2, 0.25) is 0 Å². The summed E-state index contributed by atoms with van der Waals surface area (Å²) < 4.78 is 11.1. The molecule has 3 nitrogen and oxygen atoms in total. The molecule has 1 aromatic carbocycles. The van der Waals surface area contributed by atoms with Crippen molar-refractivity contribution in [3.63, 3.8) is 0 Å². The third-order valence-corrected chi connectivity index (χ3v) is 2.67. The molecule has 0 spiro atoms. The van der Waals surface area contributed by atoms with Gasteiger partial charge < -0.3 is 9.15 Å². The second-order valence-electron chi connectivity index (χ2n) is 3.62. The number of benzene rings is 1. The van der Waals surface area contributed by atoms with Crippen LogP contribution >= 0.6 is 11.6 Å². The fourth-order valence-electron chi connectivity index (χ4n) is 1.69. The Morgan fingerprint density at radius 1 is 1.35 bits per heavy atom. The van der Waals surface area contributed by atoms with Crippen LogP contribution in [0.5, 0.6) is 0 Å². The number of hydrogen-bond acceptors (Lipinski definition) is 3. The van der Waals surface area contributed by atoms with E-state index in [0.29, 0.717) is 24.0 Å². The van der Waals surface area contributed by atoms with Gasteiger partial charge in [0.15, 0.2) is 11.7 Å². The number of hydrogen-bond donors (Lipinski definition) is 0. The average molecular weight is 252 g/mol. The molecule has 1 unspecified atom stereocenters. The van der Waals surface area contributed by atoms with Gasteiger partial charge >= 0.3 is 0 Å². The van der Waals surface area contributed by atoms with Crippen LogP contribution in [0.1, 0.15) is 23.3 Å². The lowest BCUT2D eigenvalue weighted by atomic mass is 10.1. The van der Waals surface area contributed by atoms with Crippen molar-refractivity contribution in [1.82, 2.24) is 4.98 Å². The van der Waals surface area contributed by atoms with E-state index in [1.807, 2.05) is 30.3 Å². The molecule has 17 heavy (non-hydrogen) atoms. The molecule has 1 heterocycles. The third-order valence-electron chi connectivity index (χ3n) is 2.48. The minimum Gasteiger partial charge on any atom is -0.443 e. The smallest absolute Gasteiger partial charge is 0.195 e. The van der Waals surface area contributed by atoms with E-state index in [2.05, 4.69) is 4.98 Å². The number of nitrogens with zero attached hydrogens (tertiary/aromatic N) is 1. The predicted octanol–water partition coefficient (Wildman–Crippen LogP) is 3.19. The minimum atomic E-state index is -0.215. The van der Waals surface area contributed by atoms with Gasteiger partial charge in [-0.2, -0.15) is 0 Å². The number of halogens is 1. The van der Waals surface area contributed by atoms with Crippen LogP contribution in [0.25, 0.3) is 0 Å². The molecule has 2 rings (SSSR count). The molecule has 0 saturated carbocycles. The van der Waals surface area contributed by atoms with Crippen LogP contribution in [0.4, 0.5) is 0 Å². The van der Waals surface area contributed by atoms with Crippen LogP contribution in [-0.2, 0) is 11.2 Å². The molecule has 4 heteroatoms. The lowest BCUT2D eigenvalue weighted by molar-refractivity contribution is 0.115. The maximum Gasteiger partial charge on any atom is 0.195 e. The second-order valence-corrected chi connectivity index (χ2v) is 4.00. The Balaban J connectivity index is 2.23. The molecule has 0 fully saturated rings. The third kappa shape index (κ3) is 2.87. The molecule has 0 bridgehead atoms. The van der Waals surface area contributed by atoms with Gasteiger partial charge in [0.05, 0.1) is 6.20 Å². The lowest BCUT2D eigenvalue weighted by Gasteiger charge is -2.12. The Labute approximate surface area is 105 Å². The summed E-state index contributed by atoms with van der Waals surface area (Å²) in [5, 5.41) is 0. The van der Waals surface area contributed by atoms with Gasteiger partial charge in [-0.15, -0.1) is 11.6 Å². The molecule has 1 atom stereocenters. The molecule has 90 valence electrons. The van der Waals surface area contributed by atoms with E-state index in [-0.39, 0.29) is 6.10 Å². The van der Waals surface area contributed by atoms with Gasteiger partial charge in [0, 0.05) is 19.4 Å². The molecule has 0 aliphatic rings. The monoisotopic (exact) mass is 251 g/mol. The van der Waals surface area contributed by atoms with Gasteiger partial charge in [0.2, 0.25) is 0 Å². The Bertz CT molecular complexity index is 455. The maximum absolute atomic E-state index is 5.64. The van der Waals surface area contributed by atoms with Crippen molar-refractivity contribution in [2.24, 2.45) is 0 Å². The zero-order valence-electron chi connectivity index (χ0n) is 9.60. The first-order valence-corrected chi connectivity index (χ1v) is 5.97. The first kappa shape index (κ1) is 12.1. The summed E-state index contributed by atoms with van der Waals surface area (Å²) in [6.45, 7) is 0. The zero-order valence-corrected chi connectivity index (χ0v) is 10.4. The summed E-state index contributed by atoms with van der Waals surface area (Å²) in [6.07, 6.45) is 2.11. The van der Waals surface area contributed by atoms with Crippen molar-refractivity contribution in [3.8, 4) is 0 Å². The molecule has 0 N–H and O–H groups in total. The SMILES string of the molecule is COC(c1ccccc1)c1cnc(CCCl)o1. The van der Waals surface area contributed by atoms with Crippen LogP contribution < -0.4 is 0 Å². The number of ether oxygens (including phenoxy) is 1. The molecule has 0 aliphatic carbocycles. The normalized spacial score (nSPS) is 12.6. The first-order chi connectivity index (χ1) is 8.35. The van der Waals surface area contributed by atoms with E-state index in [1.165, 1.54) is 0 Å². The van der Waals surface area contributed by atoms with E-state index in [1.54, 1.807) is 13.3 Å². The second kappa shape index (κ2) is 5.84. The number of rotatable bonds is 5. The molecule has 1 aromatic heterocycles. The quantitative estimate of drug-likeness (QED) is 0.766. The van der Waals surface area contributed by atoms with Gasteiger partial charge in [-0.05, 0) is 5.56 Å². The molecular formula is C13H14ClNO2. The lowest BCUT2D eigenvalue weighted by Crippen LogP contribution is -2.01. The number of aromatic nitrogens is 1. The highest BCUT2D eigenvalue weighted by Gasteiger charge is 2.17. The van der Waals surface area contributed by atoms with E-state index >= 15 is 0 Å². The summed E-state index contributed by atoms with van der Waals surface area (Å²) in [5.74, 6) is 1.86. The van der Waals surface area contributed by atoms with Crippen molar-refractivity contribution in [2.45, 2.75) is 12.5 Å². The Kier molecular flexibility index (Phi) is 4.18. The van der Waals surface area contributed by atoms with E-state index < -0.39 is 0 Å². The van der Waals surface area contributed by atoms with Crippen LogP contribution in [0.15, 0.2) is 40.9 Å². The summed E-state index contributed by atoms with van der Waals surface area (Å²) in [6, 6.07) is 9.90. The van der Waals surface area contributed by atoms with Crippen LogP contribution in [0, 0.1) is 0 Å². The standard InChI is InChI=1S/C13H14ClNO2/c1-16-13(10-5-3-2-4-6-10)11-9-15-12(17-11)7-8-14/h2-6,9,13H,7-8H2,1H3. The van der Waals surface area contributed by atoms with Crippen molar-refractivity contribution in [3.05, 3.63) is 53.7 Å². The fraction of sp³-hybridized carbons (Fsp3) is 0.308. The highest BCUT2D eigenvalue weighted by Crippen LogP contribution is 2.25. The van der Waals surface area contributed by atoms with Gasteiger partial charge in [0.25, 0.3) is 0 Å². The van der Waals surface area contributed by atoms with E-state index in [9.17, 15) is 0 Å². The molecule has 0 saturated heterocycles.